The molecule has 152 valence electrons. The van der Waals surface area contributed by atoms with E-state index in [2.05, 4.69) is 30.3 Å². The van der Waals surface area contributed by atoms with Crippen molar-refractivity contribution in [1.29, 1.82) is 5.26 Å². The van der Waals surface area contributed by atoms with E-state index in [9.17, 15) is 15.5 Å². The third-order valence-corrected chi connectivity index (χ3v) is 6.68. The second-order valence-corrected chi connectivity index (χ2v) is 8.96. The summed E-state index contributed by atoms with van der Waals surface area (Å²) < 4.78 is 6.02. The predicted molar refractivity (Wildman–Crippen MR) is 114 cm³/mol. The molecule has 2 aliphatic rings. The van der Waals surface area contributed by atoms with Gasteiger partial charge in [0, 0.05) is 17.7 Å². The van der Waals surface area contributed by atoms with Gasteiger partial charge in [0.1, 0.15) is 6.07 Å². The van der Waals surface area contributed by atoms with Crippen LogP contribution in [-0.4, -0.2) is 35.3 Å². The Labute approximate surface area is 176 Å². The fourth-order valence-electron chi connectivity index (χ4n) is 4.18. The zero-order valence-electron chi connectivity index (χ0n) is 16.7. The van der Waals surface area contributed by atoms with Crippen LogP contribution < -0.4 is 0 Å². The molecule has 0 aromatic heterocycles. The highest BCUT2D eigenvalue weighted by molar-refractivity contribution is 7.98. The average Bonchev–Trinajstić information content (AvgIpc) is 3.58. The van der Waals surface area contributed by atoms with E-state index in [0.29, 0.717) is 24.8 Å². The maximum Gasteiger partial charge on any atom is 0.101 e. The van der Waals surface area contributed by atoms with Crippen LogP contribution in [0.3, 0.4) is 0 Å². The second kappa shape index (κ2) is 8.89. The van der Waals surface area contributed by atoms with Crippen molar-refractivity contribution in [1.82, 2.24) is 0 Å². The summed E-state index contributed by atoms with van der Waals surface area (Å²) in [6.07, 6.45) is 5.09. The van der Waals surface area contributed by atoms with Gasteiger partial charge in [-0.25, -0.2) is 0 Å². The number of nitrogens with zero attached hydrogens (tertiary/aromatic N) is 1. The number of nitriles is 1. The summed E-state index contributed by atoms with van der Waals surface area (Å²) >= 11 is 1.55. The number of thioether (sulfide) groups is 1. The van der Waals surface area contributed by atoms with Gasteiger partial charge < -0.3 is 14.9 Å². The molecule has 2 fully saturated rings. The van der Waals surface area contributed by atoms with E-state index in [0.717, 1.165) is 21.9 Å². The Morgan fingerprint density at radius 1 is 1.14 bits per heavy atom. The van der Waals surface area contributed by atoms with Crippen molar-refractivity contribution >= 4 is 11.8 Å². The summed E-state index contributed by atoms with van der Waals surface area (Å²) in [5.74, 6) is 0.736. The Hall–Kier alpha value is -1.84. The smallest absolute Gasteiger partial charge is 0.101 e. The van der Waals surface area contributed by atoms with Crippen molar-refractivity contribution in [3.63, 3.8) is 0 Å². The van der Waals surface area contributed by atoms with Gasteiger partial charge in [-0.2, -0.15) is 5.26 Å². The molecular weight excluding hydrogens is 382 g/mol. The summed E-state index contributed by atoms with van der Waals surface area (Å²) in [7, 11) is 0. The van der Waals surface area contributed by atoms with Crippen molar-refractivity contribution in [3.05, 3.63) is 64.2 Å². The topological polar surface area (TPSA) is 73.5 Å². The highest BCUT2D eigenvalue weighted by atomic mass is 32.2. The van der Waals surface area contributed by atoms with Crippen LogP contribution in [0.15, 0.2) is 41.3 Å². The van der Waals surface area contributed by atoms with Crippen LogP contribution in [0.25, 0.3) is 0 Å². The van der Waals surface area contributed by atoms with E-state index in [1.165, 1.54) is 24.0 Å². The Kier molecular flexibility index (Phi) is 6.26. The summed E-state index contributed by atoms with van der Waals surface area (Å²) in [5, 5.41) is 29.5. The highest BCUT2D eigenvalue weighted by Crippen LogP contribution is 2.40. The Bertz CT molecular complexity index is 902. The van der Waals surface area contributed by atoms with Gasteiger partial charge in [0.05, 0.1) is 30.5 Å². The van der Waals surface area contributed by atoms with E-state index in [1.807, 2.05) is 18.4 Å². The fraction of sp³-hybridized carbons (Fsp3) is 0.458. The monoisotopic (exact) mass is 409 g/mol. The van der Waals surface area contributed by atoms with Crippen LogP contribution in [0.4, 0.5) is 0 Å². The fourth-order valence-corrected chi connectivity index (χ4v) is 4.81. The highest BCUT2D eigenvalue weighted by Gasteiger charge is 2.30. The van der Waals surface area contributed by atoms with Gasteiger partial charge in [-0.05, 0) is 59.8 Å². The molecule has 2 N–H and O–H groups in total. The number of hydrogen-bond donors (Lipinski definition) is 2. The first-order chi connectivity index (χ1) is 14.1. The van der Waals surface area contributed by atoms with E-state index >= 15 is 0 Å². The van der Waals surface area contributed by atoms with E-state index < -0.39 is 6.10 Å². The number of rotatable bonds is 6. The molecule has 5 heteroatoms. The van der Waals surface area contributed by atoms with E-state index in [4.69, 9.17) is 4.74 Å². The minimum absolute atomic E-state index is 0.0978. The summed E-state index contributed by atoms with van der Waals surface area (Å²) in [4.78, 5) is 0.929. The number of benzene rings is 2. The predicted octanol–water partition coefficient (Wildman–Crippen LogP) is 4.32. The lowest BCUT2D eigenvalue weighted by molar-refractivity contribution is -0.113. The van der Waals surface area contributed by atoms with Crippen LogP contribution >= 0.6 is 11.8 Å². The summed E-state index contributed by atoms with van der Waals surface area (Å²) in [6, 6.07) is 15.2. The number of hydrogen-bond acceptors (Lipinski definition) is 5. The largest absolute Gasteiger partial charge is 0.394 e. The normalized spacial score (nSPS) is 24.3. The zero-order chi connectivity index (χ0) is 20.4. The molecule has 0 radical (unpaired) electrons. The van der Waals surface area contributed by atoms with E-state index in [1.54, 1.807) is 11.8 Å². The van der Waals surface area contributed by atoms with Crippen LogP contribution in [0.2, 0.25) is 0 Å². The molecule has 1 aliphatic carbocycles. The first-order valence-electron chi connectivity index (χ1n) is 10.3. The first-order valence-corrected chi connectivity index (χ1v) is 11.5. The molecule has 3 atom stereocenters. The third kappa shape index (κ3) is 4.67. The maximum atomic E-state index is 10.2. The SMILES string of the molecule is CSc1cc(C2CC(O)CC(CO)O2)cc(Cc2ccc(C3CC3)cc2)c1C#N. The molecule has 1 aliphatic heterocycles. The number of aliphatic hydroxyl groups excluding tert-OH is 2. The van der Waals surface area contributed by atoms with Crippen LogP contribution in [0.1, 0.15) is 65.5 Å². The van der Waals surface area contributed by atoms with E-state index in [-0.39, 0.29) is 18.8 Å². The molecule has 4 nitrogen and oxygen atoms in total. The maximum absolute atomic E-state index is 10.2. The standard InChI is InChI=1S/C24H27NO3S/c1-29-24-10-19(23-12-20(27)11-21(14-26)28-23)9-18(22(24)13-25)8-15-2-4-16(5-3-15)17-6-7-17/h2-5,9-10,17,20-21,23,26-27H,6-8,11-12,14H2,1H3. The molecule has 2 aromatic rings. The third-order valence-electron chi connectivity index (χ3n) is 5.91. The average molecular weight is 410 g/mol. The Morgan fingerprint density at radius 2 is 1.90 bits per heavy atom. The van der Waals surface area contributed by atoms with Crippen molar-refractivity contribution in [3.8, 4) is 6.07 Å². The van der Waals surface area contributed by atoms with Crippen molar-refractivity contribution in [2.75, 3.05) is 12.9 Å². The number of aliphatic hydroxyl groups is 2. The van der Waals surface area contributed by atoms with Gasteiger partial charge >= 0.3 is 0 Å². The van der Waals surface area contributed by atoms with Gasteiger partial charge in [-0.15, -0.1) is 11.8 Å². The van der Waals surface area contributed by atoms with Gasteiger partial charge in [0.15, 0.2) is 0 Å². The lowest BCUT2D eigenvalue weighted by Gasteiger charge is -2.33. The quantitative estimate of drug-likeness (QED) is 0.695. The molecule has 0 amide bonds. The molecule has 0 spiro atoms. The zero-order valence-corrected chi connectivity index (χ0v) is 17.5. The minimum Gasteiger partial charge on any atom is -0.394 e. The van der Waals surface area contributed by atoms with Gasteiger partial charge in [-0.3, -0.25) is 0 Å². The minimum atomic E-state index is -0.488. The molecular formula is C24H27NO3S. The summed E-state index contributed by atoms with van der Waals surface area (Å²) in [6.45, 7) is -0.0978. The van der Waals surface area contributed by atoms with Crippen molar-refractivity contribution in [2.45, 2.75) is 61.2 Å². The van der Waals surface area contributed by atoms with Crippen molar-refractivity contribution in [2.24, 2.45) is 0 Å². The molecule has 2 aromatic carbocycles. The van der Waals surface area contributed by atoms with Crippen LogP contribution in [-0.2, 0) is 11.2 Å². The first kappa shape index (κ1) is 20.4. The van der Waals surface area contributed by atoms with Gasteiger partial charge in [-0.1, -0.05) is 30.3 Å². The second-order valence-electron chi connectivity index (χ2n) is 8.12. The molecule has 4 rings (SSSR count). The van der Waals surface area contributed by atoms with Crippen molar-refractivity contribution < 1.29 is 14.9 Å². The summed E-state index contributed by atoms with van der Waals surface area (Å²) in [5.41, 5.74) is 5.26. The molecule has 29 heavy (non-hydrogen) atoms. The molecule has 1 saturated carbocycles. The van der Waals surface area contributed by atoms with Crippen LogP contribution in [0, 0.1) is 11.3 Å². The van der Waals surface area contributed by atoms with Crippen LogP contribution in [0.5, 0.6) is 0 Å². The lowest BCUT2D eigenvalue weighted by atomic mass is 9.91. The molecule has 0 bridgehead atoms. The Balaban J connectivity index is 1.64. The van der Waals surface area contributed by atoms with Gasteiger partial charge in [0.25, 0.3) is 0 Å². The van der Waals surface area contributed by atoms with Gasteiger partial charge in [0.2, 0.25) is 0 Å². The lowest BCUT2D eigenvalue weighted by Crippen LogP contribution is -2.33. The molecule has 3 unspecified atom stereocenters. The molecule has 1 saturated heterocycles. The molecule has 1 heterocycles. The Morgan fingerprint density at radius 3 is 2.52 bits per heavy atom. The number of ether oxygens (including phenoxy) is 1.